The highest BCUT2D eigenvalue weighted by molar-refractivity contribution is 7.99. The van der Waals surface area contributed by atoms with E-state index in [1.165, 1.54) is 28.0 Å². The van der Waals surface area contributed by atoms with Gasteiger partial charge in [0.05, 0.1) is 24.8 Å². The van der Waals surface area contributed by atoms with Gasteiger partial charge in [-0.05, 0) is 54.5 Å². The molecule has 0 bridgehead atoms. The van der Waals surface area contributed by atoms with Crippen molar-refractivity contribution in [3.63, 3.8) is 0 Å². The molecule has 0 aliphatic heterocycles. The minimum atomic E-state index is -0.222. The molecule has 2 heterocycles. The van der Waals surface area contributed by atoms with E-state index >= 15 is 0 Å². The second-order valence-corrected chi connectivity index (χ2v) is 10.9. The summed E-state index contributed by atoms with van der Waals surface area (Å²) in [5.41, 5.74) is 3.70. The van der Waals surface area contributed by atoms with Crippen LogP contribution in [0.5, 0.6) is 5.75 Å². The van der Waals surface area contributed by atoms with Gasteiger partial charge >= 0.3 is 0 Å². The lowest BCUT2D eigenvalue weighted by atomic mass is 9.95. The summed E-state index contributed by atoms with van der Waals surface area (Å²) in [5, 5.41) is 15.1. The predicted octanol–water partition coefficient (Wildman–Crippen LogP) is 5.27. The highest BCUT2D eigenvalue weighted by Crippen LogP contribution is 2.38. The quantitative estimate of drug-likeness (QED) is 0.260. The summed E-state index contributed by atoms with van der Waals surface area (Å²) in [6.07, 6.45) is 4.41. The van der Waals surface area contributed by atoms with Gasteiger partial charge in [0.25, 0.3) is 11.1 Å². The monoisotopic (exact) mass is 548 g/mol. The van der Waals surface area contributed by atoms with Crippen LogP contribution >= 0.6 is 23.1 Å². The van der Waals surface area contributed by atoms with Crippen molar-refractivity contribution in [2.45, 2.75) is 43.9 Å². The van der Waals surface area contributed by atoms with E-state index in [-0.39, 0.29) is 17.6 Å². The third-order valence-corrected chi connectivity index (χ3v) is 8.26. The molecule has 2 amide bonds. The molecule has 0 saturated carbocycles. The van der Waals surface area contributed by atoms with Gasteiger partial charge in [-0.25, -0.2) is 0 Å². The number of thioether (sulfide) groups is 1. The van der Waals surface area contributed by atoms with Gasteiger partial charge in [0.2, 0.25) is 11.8 Å². The van der Waals surface area contributed by atoms with E-state index in [9.17, 15) is 9.59 Å². The van der Waals surface area contributed by atoms with Gasteiger partial charge in [-0.15, -0.1) is 21.5 Å². The number of methoxy groups -OCH3 is 1. The zero-order chi connectivity index (χ0) is 26.3. The number of hydrogen-bond acceptors (Lipinski definition) is 8. The van der Waals surface area contributed by atoms with Crippen molar-refractivity contribution in [2.75, 3.05) is 18.2 Å². The average Bonchev–Trinajstić information content (AvgIpc) is 3.55. The van der Waals surface area contributed by atoms with Crippen molar-refractivity contribution in [2.24, 2.45) is 0 Å². The molecule has 5 rings (SSSR count). The Labute approximate surface area is 229 Å². The van der Waals surface area contributed by atoms with Gasteiger partial charge in [-0.1, -0.05) is 54.2 Å². The number of carbonyl (C=O) groups is 2. The topological polar surface area (TPSA) is 106 Å². The SMILES string of the molecule is COc1ccc(Cc2nnc(SCC(=O)Nc3sc4c(c3C(=O)NCc3ccccc3)CCCC4)o2)cc1. The standard InChI is InChI=1S/C28H28N4O4S2/c1-35-20-13-11-18(12-14-20)15-24-31-32-28(36-24)37-17-23(33)30-27-25(21-9-5-6-10-22(21)38-27)26(34)29-16-19-7-3-2-4-8-19/h2-4,7-8,11-14H,5-6,9-10,15-17H2,1H3,(H,29,34)(H,30,33). The van der Waals surface area contributed by atoms with Crippen LogP contribution in [0.3, 0.4) is 0 Å². The largest absolute Gasteiger partial charge is 0.497 e. The first-order chi connectivity index (χ1) is 18.6. The molecule has 1 aliphatic rings. The van der Waals surface area contributed by atoms with Gasteiger partial charge < -0.3 is 19.8 Å². The van der Waals surface area contributed by atoms with Crippen LogP contribution in [0.15, 0.2) is 64.2 Å². The molecule has 196 valence electrons. The van der Waals surface area contributed by atoms with Crippen molar-refractivity contribution in [3.8, 4) is 5.75 Å². The predicted molar refractivity (Wildman–Crippen MR) is 148 cm³/mol. The molecule has 0 atom stereocenters. The van der Waals surface area contributed by atoms with Crippen LogP contribution in [-0.4, -0.2) is 34.9 Å². The zero-order valence-corrected chi connectivity index (χ0v) is 22.6. The number of rotatable bonds is 10. The van der Waals surface area contributed by atoms with Gasteiger partial charge in [0.1, 0.15) is 10.8 Å². The normalized spacial score (nSPS) is 12.6. The fraction of sp³-hybridized carbons (Fsp3) is 0.286. The number of nitrogens with zero attached hydrogens (tertiary/aromatic N) is 2. The lowest BCUT2D eigenvalue weighted by Crippen LogP contribution is -2.25. The number of aromatic nitrogens is 2. The van der Waals surface area contributed by atoms with Crippen molar-refractivity contribution < 1.29 is 18.7 Å². The van der Waals surface area contributed by atoms with Crippen LogP contribution in [0, 0.1) is 0 Å². The number of amides is 2. The number of hydrogen-bond donors (Lipinski definition) is 2. The molecular formula is C28H28N4O4S2. The Bertz CT molecular complexity index is 1400. The first kappa shape index (κ1) is 26.0. The van der Waals surface area contributed by atoms with E-state index in [0.717, 1.165) is 48.1 Å². The Kier molecular flexibility index (Phi) is 8.40. The van der Waals surface area contributed by atoms with Crippen LogP contribution in [-0.2, 0) is 30.6 Å². The number of anilines is 1. The summed E-state index contributed by atoms with van der Waals surface area (Å²) < 4.78 is 10.9. The lowest BCUT2D eigenvalue weighted by Gasteiger charge is -2.13. The highest BCUT2D eigenvalue weighted by atomic mass is 32.2. The third kappa shape index (κ3) is 6.43. The second-order valence-electron chi connectivity index (χ2n) is 8.91. The van der Waals surface area contributed by atoms with E-state index in [2.05, 4.69) is 20.8 Å². The van der Waals surface area contributed by atoms with E-state index in [0.29, 0.717) is 34.6 Å². The summed E-state index contributed by atoms with van der Waals surface area (Å²) >= 11 is 2.68. The molecule has 4 aromatic rings. The van der Waals surface area contributed by atoms with Crippen molar-refractivity contribution in [3.05, 3.63) is 87.6 Å². The van der Waals surface area contributed by atoms with E-state index in [1.54, 1.807) is 7.11 Å². The van der Waals surface area contributed by atoms with E-state index in [4.69, 9.17) is 9.15 Å². The first-order valence-corrected chi connectivity index (χ1v) is 14.2. The molecule has 2 N–H and O–H groups in total. The van der Waals surface area contributed by atoms with E-state index in [1.807, 2.05) is 54.6 Å². The lowest BCUT2D eigenvalue weighted by molar-refractivity contribution is -0.113. The molecule has 2 aromatic heterocycles. The zero-order valence-electron chi connectivity index (χ0n) is 21.0. The Morgan fingerprint density at radius 1 is 1.03 bits per heavy atom. The van der Waals surface area contributed by atoms with Crippen LogP contribution < -0.4 is 15.4 Å². The van der Waals surface area contributed by atoms with Crippen molar-refractivity contribution >= 4 is 39.9 Å². The fourth-order valence-corrected chi connectivity index (χ4v) is 6.22. The Morgan fingerprint density at radius 2 is 1.82 bits per heavy atom. The molecule has 0 radical (unpaired) electrons. The maximum atomic E-state index is 13.2. The third-order valence-electron chi connectivity index (χ3n) is 6.24. The van der Waals surface area contributed by atoms with Crippen molar-refractivity contribution in [1.82, 2.24) is 15.5 Å². The Balaban J connectivity index is 1.20. The molecule has 0 unspecified atom stereocenters. The number of fused-ring (bicyclic) bond motifs is 1. The summed E-state index contributed by atoms with van der Waals surface area (Å²) in [7, 11) is 1.63. The number of carbonyl (C=O) groups excluding carboxylic acids is 2. The Morgan fingerprint density at radius 3 is 2.61 bits per heavy atom. The minimum Gasteiger partial charge on any atom is -0.497 e. The molecule has 10 heteroatoms. The molecule has 2 aromatic carbocycles. The van der Waals surface area contributed by atoms with Gasteiger partial charge in [0.15, 0.2) is 0 Å². The molecular weight excluding hydrogens is 520 g/mol. The van der Waals surface area contributed by atoms with Gasteiger partial charge in [-0.2, -0.15) is 0 Å². The summed E-state index contributed by atoms with van der Waals surface area (Å²) in [6, 6.07) is 17.4. The molecule has 0 spiro atoms. The number of nitrogens with one attached hydrogen (secondary N) is 2. The summed E-state index contributed by atoms with van der Waals surface area (Å²) in [4.78, 5) is 27.3. The molecule has 0 saturated heterocycles. The van der Waals surface area contributed by atoms with Gasteiger partial charge in [0, 0.05) is 11.4 Å². The number of benzene rings is 2. The average molecular weight is 549 g/mol. The second kappa shape index (κ2) is 12.3. The smallest absolute Gasteiger partial charge is 0.277 e. The van der Waals surface area contributed by atoms with E-state index < -0.39 is 0 Å². The maximum Gasteiger partial charge on any atom is 0.277 e. The summed E-state index contributed by atoms with van der Waals surface area (Å²) in [6.45, 7) is 0.434. The molecule has 38 heavy (non-hydrogen) atoms. The van der Waals surface area contributed by atoms with Crippen molar-refractivity contribution in [1.29, 1.82) is 0 Å². The molecule has 0 fully saturated rings. The first-order valence-electron chi connectivity index (χ1n) is 12.4. The number of thiophene rings is 1. The fourth-order valence-electron chi connectivity index (χ4n) is 4.34. The van der Waals surface area contributed by atoms with Crippen LogP contribution in [0.25, 0.3) is 0 Å². The van der Waals surface area contributed by atoms with Crippen LogP contribution in [0.1, 0.15) is 50.7 Å². The van der Waals surface area contributed by atoms with Gasteiger partial charge in [-0.3, -0.25) is 9.59 Å². The minimum absolute atomic E-state index is 0.0950. The molecule has 8 nitrogen and oxygen atoms in total. The maximum absolute atomic E-state index is 13.2. The molecule has 1 aliphatic carbocycles. The van der Waals surface area contributed by atoms with Crippen LogP contribution in [0.4, 0.5) is 5.00 Å². The number of aryl methyl sites for hydroxylation is 1. The van der Waals surface area contributed by atoms with Crippen LogP contribution in [0.2, 0.25) is 0 Å². The summed E-state index contributed by atoms with van der Waals surface area (Å²) in [5.74, 6) is 0.973. The Hall–Kier alpha value is -3.63. The number of ether oxygens (including phenoxy) is 1. The highest BCUT2D eigenvalue weighted by Gasteiger charge is 2.26.